The van der Waals surface area contributed by atoms with Crippen LogP contribution < -0.4 is 4.72 Å². The molecule has 1 aliphatic heterocycles. The molecule has 2 atom stereocenters. The van der Waals surface area contributed by atoms with Crippen molar-refractivity contribution >= 4 is 15.9 Å². The van der Waals surface area contributed by atoms with Crippen LogP contribution in [0.1, 0.15) is 32.0 Å². The number of aromatic nitrogens is 1. The molecule has 180 valence electrons. The number of rotatable bonds is 5. The lowest BCUT2D eigenvalue weighted by Crippen LogP contribution is -2.53. The zero-order chi connectivity index (χ0) is 24.8. The molecule has 3 rings (SSSR count). The van der Waals surface area contributed by atoms with Crippen LogP contribution in [0.5, 0.6) is 0 Å². The van der Waals surface area contributed by atoms with Crippen molar-refractivity contribution in [2.24, 2.45) is 5.41 Å². The van der Waals surface area contributed by atoms with Crippen LogP contribution in [0.3, 0.4) is 0 Å². The fraction of sp³-hybridized carbons (Fsp3) is 0.478. The molecule has 1 fully saturated rings. The van der Waals surface area contributed by atoms with Gasteiger partial charge in [0.15, 0.2) is 0 Å². The first kappa shape index (κ1) is 25.2. The van der Waals surface area contributed by atoms with Gasteiger partial charge in [0.1, 0.15) is 11.9 Å². The molecule has 0 radical (unpaired) electrons. The molecule has 2 heterocycles. The molecule has 2 aromatic rings. The lowest BCUT2D eigenvalue weighted by molar-refractivity contribution is -0.141. The Bertz CT molecular complexity index is 1160. The van der Waals surface area contributed by atoms with Crippen molar-refractivity contribution in [2.75, 3.05) is 12.8 Å². The van der Waals surface area contributed by atoms with Crippen LogP contribution in [0.4, 0.5) is 13.2 Å². The van der Waals surface area contributed by atoms with Gasteiger partial charge in [-0.2, -0.15) is 0 Å². The summed E-state index contributed by atoms with van der Waals surface area (Å²) in [6.07, 6.45) is 0.481. The average Bonchev–Trinajstić information content (AvgIpc) is 2.91. The van der Waals surface area contributed by atoms with E-state index in [1.807, 2.05) is 4.72 Å². The van der Waals surface area contributed by atoms with E-state index < -0.39 is 51.7 Å². The number of hydrogen-bond acceptors (Lipinski definition) is 4. The molecule has 0 unspecified atom stereocenters. The standard InChI is InChI=1S/C23H28F3N3O3S/c1-14-8-6-11-17(27-14)16-10-7-9-15(19(16)24)12-18-20(28-33(5,31)32)23(25,26)13-29(18)21(30)22(2,3)4/h6-11,18,20,28H,12-13H2,1-5H3/t18-,20+/m0/s1. The second kappa shape index (κ2) is 8.72. The third-order valence-corrected chi connectivity index (χ3v) is 6.22. The van der Waals surface area contributed by atoms with E-state index in [9.17, 15) is 22.0 Å². The smallest absolute Gasteiger partial charge is 0.283 e. The van der Waals surface area contributed by atoms with Gasteiger partial charge in [0.25, 0.3) is 5.92 Å². The Hall–Kier alpha value is -2.46. The Morgan fingerprint density at radius 3 is 2.42 bits per heavy atom. The van der Waals surface area contributed by atoms with Gasteiger partial charge in [0, 0.05) is 16.7 Å². The predicted octanol–water partition coefficient (Wildman–Crippen LogP) is 3.55. The number of carbonyl (C=O) groups excluding carboxylic acids is 1. The number of carbonyl (C=O) groups is 1. The van der Waals surface area contributed by atoms with E-state index in [-0.39, 0.29) is 17.5 Å². The van der Waals surface area contributed by atoms with E-state index >= 15 is 4.39 Å². The maximum atomic E-state index is 15.5. The van der Waals surface area contributed by atoms with Gasteiger partial charge in [-0.15, -0.1) is 0 Å². The number of benzene rings is 1. The summed E-state index contributed by atoms with van der Waals surface area (Å²) < 4.78 is 71.1. The quantitative estimate of drug-likeness (QED) is 0.706. The Morgan fingerprint density at radius 1 is 1.21 bits per heavy atom. The second-order valence-electron chi connectivity index (χ2n) is 9.53. The third kappa shape index (κ3) is 5.55. The molecular weight excluding hydrogens is 455 g/mol. The van der Waals surface area contributed by atoms with Crippen molar-refractivity contribution in [1.29, 1.82) is 0 Å². The Morgan fingerprint density at radius 2 is 1.85 bits per heavy atom. The van der Waals surface area contributed by atoms with Crippen LogP contribution >= 0.6 is 0 Å². The van der Waals surface area contributed by atoms with Crippen LogP contribution in [0.25, 0.3) is 11.3 Å². The Balaban J connectivity index is 2.06. The lowest BCUT2D eigenvalue weighted by Gasteiger charge is -2.32. The summed E-state index contributed by atoms with van der Waals surface area (Å²) in [7, 11) is -4.03. The summed E-state index contributed by atoms with van der Waals surface area (Å²) in [5.41, 5.74) is 0.375. The first-order chi connectivity index (χ1) is 15.1. The van der Waals surface area contributed by atoms with Gasteiger partial charge in [-0.05, 0) is 37.1 Å². The molecular formula is C23H28F3N3O3S. The molecule has 6 nitrogen and oxygen atoms in total. The number of nitrogens with one attached hydrogen (secondary N) is 1. The summed E-state index contributed by atoms with van der Waals surface area (Å²) in [5, 5.41) is 0. The van der Waals surface area contributed by atoms with Crippen molar-refractivity contribution in [3.05, 3.63) is 53.5 Å². The van der Waals surface area contributed by atoms with Crippen molar-refractivity contribution in [3.8, 4) is 11.3 Å². The number of nitrogens with zero attached hydrogens (tertiary/aromatic N) is 2. The largest absolute Gasteiger partial charge is 0.331 e. The van der Waals surface area contributed by atoms with E-state index in [4.69, 9.17) is 0 Å². The monoisotopic (exact) mass is 483 g/mol. The van der Waals surface area contributed by atoms with Crippen molar-refractivity contribution in [2.45, 2.75) is 52.1 Å². The first-order valence-electron chi connectivity index (χ1n) is 10.5. The third-order valence-electron chi connectivity index (χ3n) is 5.54. The maximum absolute atomic E-state index is 15.5. The van der Waals surface area contributed by atoms with Crippen molar-refractivity contribution in [3.63, 3.8) is 0 Å². The van der Waals surface area contributed by atoms with Gasteiger partial charge >= 0.3 is 0 Å². The van der Waals surface area contributed by atoms with Crippen LogP contribution in [0.15, 0.2) is 36.4 Å². The number of alkyl halides is 2. The van der Waals surface area contributed by atoms with Crippen LogP contribution in [0.2, 0.25) is 0 Å². The maximum Gasteiger partial charge on any atom is 0.283 e. The molecule has 1 N–H and O–H groups in total. The summed E-state index contributed by atoms with van der Waals surface area (Å²) in [6.45, 7) is 5.58. The predicted molar refractivity (Wildman–Crippen MR) is 120 cm³/mol. The minimum Gasteiger partial charge on any atom is -0.331 e. The van der Waals surface area contributed by atoms with Crippen LogP contribution in [-0.2, 0) is 21.2 Å². The van der Waals surface area contributed by atoms with Crippen molar-refractivity contribution in [1.82, 2.24) is 14.6 Å². The fourth-order valence-corrected chi connectivity index (χ4v) is 4.83. The van der Waals surface area contributed by atoms with Crippen molar-refractivity contribution < 1.29 is 26.4 Å². The van der Waals surface area contributed by atoms with Gasteiger partial charge in [-0.1, -0.05) is 39.0 Å². The topological polar surface area (TPSA) is 79.4 Å². The summed E-state index contributed by atoms with van der Waals surface area (Å²) in [4.78, 5) is 18.3. The molecule has 0 spiro atoms. The highest BCUT2D eigenvalue weighted by molar-refractivity contribution is 7.88. The summed E-state index contributed by atoms with van der Waals surface area (Å²) in [6, 6.07) is 6.54. The van der Waals surface area contributed by atoms with E-state index in [2.05, 4.69) is 4.98 Å². The minimum atomic E-state index is -4.03. The van der Waals surface area contributed by atoms with E-state index in [1.54, 1.807) is 52.0 Å². The number of likely N-dealkylation sites (tertiary alicyclic amines) is 1. The van der Waals surface area contributed by atoms with Crippen LogP contribution in [0, 0.1) is 18.2 Å². The zero-order valence-electron chi connectivity index (χ0n) is 19.2. The number of aryl methyl sites for hydroxylation is 1. The van der Waals surface area contributed by atoms with E-state index in [0.29, 0.717) is 11.4 Å². The highest BCUT2D eigenvalue weighted by atomic mass is 32.2. The van der Waals surface area contributed by atoms with Gasteiger partial charge in [0.05, 0.1) is 24.5 Å². The second-order valence-corrected chi connectivity index (χ2v) is 11.3. The summed E-state index contributed by atoms with van der Waals surface area (Å²) in [5.74, 6) is -4.74. The molecule has 0 bridgehead atoms. The highest BCUT2D eigenvalue weighted by Crippen LogP contribution is 2.38. The van der Waals surface area contributed by atoms with Gasteiger partial charge in [0.2, 0.25) is 15.9 Å². The summed E-state index contributed by atoms with van der Waals surface area (Å²) >= 11 is 0. The SMILES string of the molecule is Cc1cccc(-c2cccc(C[C@H]3[C@@H](NS(C)(=O)=O)C(F)(F)CN3C(=O)C(C)(C)C)c2F)n1. The Kier molecular flexibility index (Phi) is 6.65. The highest BCUT2D eigenvalue weighted by Gasteiger charge is 2.57. The molecule has 1 aliphatic rings. The van der Waals surface area contributed by atoms with E-state index in [0.717, 1.165) is 11.2 Å². The molecule has 1 amide bonds. The number of halogens is 3. The first-order valence-corrected chi connectivity index (χ1v) is 12.4. The van der Waals surface area contributed by atoms with Crippen LogP contribution in [-0.4, -0.2) is 55.0 Å². The molecule has 33 heavy (non-hydrogen) atoms. The molecule has 1 aromatic heterocycles. The fourth-order valence-electron chi connectivity index (χ4n) is 4.03. The van der Waals surface area contributed by atoms with Gasteiger partial charge in [-0.25, -0.2) is 26.3 Å². The normalized spacial score (nSPS) is 20.8. The number of sulfonamides is 1. The van der Waals surface area contributed by atoms with Gasteiger partial charge < -0.3 is 4.90 Å². The molecule has 0 aliphatic carbocycles. The number of pyridine rings is 1. The van der Waals surface area contributed by atoms with E-state index in [1.165, 1.54) is 12.1 Å². The molecule has 10 heteroatoms. The van der Waals surface area contributed by atoms with Gasteiger partial charge in [-0.3, -0.25) is 9.78 Å². The minimum absolute atomic E-state index is 0.0884. The Labute approximate surface area is 192 Å². The average molecular weight is 484 g/mol. The molecule has 1 saturated heterocycles. The number of amides is 1. The molecule has 0 saturated carbocycles. The molecule has 1 aromatic carbocycles. The zero-order valence-corrected chi connectivity index (χ0v) is 20.0. The lowest BCUT2D eigenvalue weighted by atomic mass is 9.92. The number of hydrogen-bond donors (Lipinski definition) is 1.